The van der Waals surface area contributed by atoms with Gasteiger partial charge in [-0.3, -0.25) is 0 Å². The largest absolute Gasteiger partial charge is 0.381 e. The van der Waals surface area contributed by atoms with Crippen LogP contribution in [0, 0.1) is 5.92 Å². The Labute approximate surface area is 153 Å². The van der Waals surface area contributed by atoms with Gasteiger partial charge in [0, 0.05) is 37.7 Å². The van der Waals surface area contributed by atoms with Crippen molar-refractivity contribution in [3.63, 3.8) is 0 Å². The minimum absolute atomic E-state index is 0.664. The van der Waals surface area contributed by atoms with Crippen LogP contribution in [0.1, 0.15) is 19.3 Å². The molecule has 1 aliphatic heterocycles. The molecule has 0 spiro atoms. The molecule has 0 radical (unpaired) electrons. The molecule has 3 aromatic rings. The molecule has 1 fully saturated rings. The predicted molar refractivity (Wildman–Crippen MR) is 101 cm³/mol. The second-order valence-corrected chi connectivity index (χ2v) is 6.57. The van der Waals surface area contributed by atoms with Crippen LogP contribution >= 0.6 is 0 Å². The van der Waals surface area contributed by atoms with Gasteiger partial charge in [0.25, 0.3) is 0 Å². The first-order chi connectivity index (χ1) is 12.9. The summed E-state index contributed by atoms with van der Waals surface area (Å²) in [4.78, 5) is 8.94. The molecule has 1 atom stereocenters. The van der Waals surface area contributed by atoms with Gasteiger partial charge < -0.3 is 10.1 Å². The fourth-order valence-corrected chi connectivity index (χ4v) is 3.18. The highest BCUT2D eigenvalue weighted by atomic mass is 16.5. The first-order valence-electron chi connectivity index (χ1n) is 9.13. The van der Waals surface area contributed by atoms with Crippen molar-refractivity contribution in [1.82, 2.24) is 19.7 Å². The van der Waals surface area contributed by atoms with Crippen LogP contribution in [0.3, 0.4) is 0 Å². The van der Waals surface area contributed by atoms with E-state index in [2.05, 4.69) is 20.4 Å². The van der Waals surface area contributed by atoms with Gasteiger partial charge in [0.05, 0.1) is 17.6 Å². The van der Waals surface area contributed by atoms with Gasteiger partial charge in [0.15, 0.2) is 0 Å². The molecule has 1 aliphatic rings. The molecule has 26 heavy (non-hydrogen) atoms. The van der Waals surface area contributed by atoms with E-state index in [9.17, 15) is 0 Å². The topological polar surface area (TPSA) is 64.9 Å². The smallest absolute Gasteiger partial charge is 0.223 e. The molecule has 1 unspecified atom stereocenters. The Bertz CT molecular complexity index is 827. The molecule has 1 N–H and O–H groups in total. The predicted octanol–water partition coefficient (Wildman–Crippen LogP) is 3.56. The Hall–Kier alpha value is -2.73. The van der Waals surface area contributed by atoms with E-state index in [0.29, 0.717) is 11.9 Å². The molecule has 0 bridgehead atoms. The van der Waals surface area contributed by atoms with Gasteiger partial charge in [-0.2, -0.15) is 5.10 Å². The van der Waals surface area contributed by atoms with Crippen LogP contribution in [-0.2, 0) is 4.74 Å². The number of benzene rings is 1. The number of anilines is 1. The van der Waals surface area contributed by atoms with Crippen molar-refractivity contribution in [2.45, 2.75) is 19.3 Å². The molecule has 134 valence electrons. The highest BCUT2D eigenvalue weighted by molar-refractivity contribution is 5.58. The number of hydrogen-bond donors (Lipinski definition) is 1. The minimum atomic E-state index is 0.664. The molecular weight excluding hydrogens is 326 g/mol. The normalized spacial score (nSPS) is 16.7. The van der Waals surface area contributed by atoms with Gasteiger partial charge in [0.1, 0.15) is 0 Å². The SMILES string of the molecule is c1ccc(-n2cc(-c3ccnc(NCCCC4CCOC4)n3)cn2)cc1. The Morgan fingerprint density at radius 2 is 2.12 bits per heavy atom. The fourth-order valence-electron chi connectivity index (χ4n) is 3.18. The van der Waals surface area contributed by atoms with Crippen LogP contribution < -0.4 is 5.32 Å². The van der Waals surface area contributed by atoms with Crippen molar-refractivity contribution in [2.24, 2.45) is 5.92 Å². The van der Waals surface area contributed by atoms with Crippen LogP contribution in [0.5, 0.6) is 0 Å². The summed E-state index contributed by atoms with van der Waals surface area (Å²) < 4.78 is 7.27. The number of hydrogen-bond acceptors (Lipinski definition) is 5. The number of nitrogens with zero attached hydrogens (tertiary/aromatic N) is 4. The molecule has 2 aromatic heterocycles. The Balaban J connectivity index is 1.37. The minimum Gasteiger partial charge on any atom is -0.381 e. The molecule has 0 saturated carbocycles. The van der Waals surface area contributed by atoms with E-state index < -0.39 is 0 Å². The van der Waals surface area contributed by atoms with Crippen molar-refractivity contribution in [1.29, 1.82) is 0 Å². The molecule has 6 nitrogen and oxygen atoms in total. The third kappa shape index (κ3) is 4.08. The van der Waals surface area contributed by atoms with E-state index in [1.54, 1.807) is 6.20 Å². The van der Waals surface area contributed by atoms with Gasteiger partial charge in [-0.25, -0.2) is 14.6 Å². The van der Waals surface area contributed by atoms with E-state index in [1.807, 2.05) is 53.5 Å². The standard InChI is InChI=1S/C20H23N5O/c1-2-6-18(7-3-1)25-14-17(13-23-25)19-8-11-22-20(24-19)21-10-4-5-16-9-12-26-15-16/h1-3,6-8,11,13-14,16H,4-5,9-10,12,15H2,(H,21,22,24). The summed E-state index contributed by atoms with van der Waals surface area (Å²) in [5.74, 6) is 1.38. The van der Waals surface area contributed by atoms with Gasteiger partial charge in [-0.15, -0.1) is 0 Å². The first-order valence-corrected chi connectivity index (χ1v) is 9.13. The molecule has 1 aromatic carbocycles. The van der Waals surface area contributed by atoms with Crippen LogP contribution in [0.15, 0.2) is 55.0 Å². The van der Waals surface area contributed by atoms with Crippen molar-refractivity contribution < 1.29 is 4.74 Å². The Kier molecular flexibility index (Phi) is 5.21. The lowest BCUT2D eigenvalue weighted by molar-refractivity contribution is 0.184. The Morgan fingerprint density at radius 3 is 2.96 bits per heavy atom. The van der Waals surface area contributed by atoms with E-state index in [0.717, 1.165) is 43.1 Å². The maximum absolute atomic E-state index is 5.42. The lowest BCUT2D eigenvalue weighted by atomic mass is 10.0. The van der Waals surface area contributed by atoms with Crippen LogP contribution in [-0.4, -0.2) is 39.5 Å². The summed E-state index contributed by atoms with van der Waals surface area (Å²) in [7, 11) is 0. The molecule has 1 saturated heterocycles. The lowest BCUT2D eigenvalue weighted by Gasteiger charge is -2.08. The maximum atomic E-state index is 5.42. The summed E-state index contributed by atoms with van der Waals surface area (Å²) >= 11 is 0. The zero-order valence-corrected chi connectivity index (χ0v) is 14.7. The molecule has 4 rings (SSSR count). The second-order valence-electron chi connectivity index (χ2n) is 6.57. The van der Waals surface area contributed by atoms with Gasteiger partial charge in [-0.1, -0.05) is 18.2 Å². The Morgan fingerprint density at radius 1 is 1.19 bits per heavy atom. The summed E-state index contributed by atoms with van der Waals surface area (Å²) in [6.07, 6.45) is 9.09. The highest BCUT2D eigenvalue weighted by Crippen LogP contribution is 2.20. The molecular formula is C20H23N5O. The van der Waals surface area contributed by atoms with E-state index >= 15 is 0 Å². The zero-order valence-electron chi connectivity index (χ0n) is 14.7. The van der Waals surface area contributed by atoms with Crippen LogP contribution in [0.4, 0.5) is 5.95 Å². The summed E-state index contributed by atoms with van der Waals surface area (Å²) in [5.41, 5.74) is 2.87. The summed E-state index contributed by atoms with van der Waals surface area (Å²) in [6.45, 7) is 2.71. The third-order valence-corrected chi connectivity index (χ3v) is 4.65. The van der Waals surface area contributed by atoms with E-state index in [-0.39, 0.29) is 0 Å². The molecule has 0 aliphatic carbocycles. The van der Waals surface area contributed by atoms with Crippen molar-refractivity contribution in [2.75, 3.05) is 25.1 Å². The average Bonchev–Trinajstić information content (AvgIpc) is 3.38. The van der Waals surface area contributed by atoms with Crippen molar-refractivity contribution in [3.05, 3.63) is 55.0 Å². The second kappa shape index (κ2) is 8.10. The van der Waals surface area contributed by atoms with Gasteiger partial charge >= 0.3 is 0 Å². The van der Waals surface area contributed by atoms with Crippen molar-refractivity contribution >= 4 is 5.95 Å². The quantitative estimate of drug-likeness (QED) is 0.661. The molecule has 3 heterocycles. The van der Waals surface area contributed by atoms with Gasteiger partial charge in [-0.05, 0) is 43.4 Å². The molecule has 6 heteroatoms. The highest BCUT2D eigenvalue weighted by Gasteiger charge is 2.14. The lowest BCUT2D eigenvalue weighted by Crippen LogP contribution is -2.08. The zero-order chi connectivity index (χ0) is 17.6. The number of aromatic nitrogens is 4. The molecule has 0 amide bonds. The van der Waals surface area contributed by atoms with Crippen molar-refractivity contribution in [3.8, 4) is 16.9 Å². The fraction of sp³-hybridized carbons (Fsp3) is 0.350. The number of para-hydroxylation sites is 1. The van der Waals surface area contributed by atoms with E-state index in [1.165, 1.54) is 12.8 Å². The van der Waals surface area contributed by atoms with E-state index in [4.69, 9.17) is 4.74 Å². The first kappa shape index (κ1) is 16.7. The average molecular weight is 349 g/mol. The monoisotopic (exact) mass is 349 g/mol. The summed E-state index contributed by atoms with van der Waals surface area (Å²) in [5, 5.41) is 7.76. The third-order valence-electron chi connectivity index (χ3n) is 4.65. The summed E-state index contributed by atoms with van der Waals surface area (Å²) in [6, 6.07) is 12.0. The maximum Gasteiger partial charge on any atom is 0.223 e. The number of rotatable bonds is 7. The van der Waals surface area contributed by atoms with Crippen LogP contribution in [0.25, 0.3) is 16.9 Å². The van der Waals surface area contributed by atoms with Crippen LogP contribution in [0.2, 0.25) is 0 Å². The number of nitrogens with one attached hydrogen (secondary N) is 1. The van der Waals surface area contributed by atoms with Gasteiger partial charge in [0.2, 0.25) is 5.95 Å². The number of ether oxygens (including phenoxy) is 1.